The number of hydrogen-bond acceptors (Lipinski definition) is 5. The first-order valence-corrected chi connectivity index (χ1v) is 13.8. The summed E-state index contributed by atoms with van der Waals surface area (Å²) in [5.74, 6) is -1.44. The zero-order valence-corrected chi connectivity index (χ0v) is 24.2. The highest BCUT2D eigenvalue weighted by atomic mass is 79.9. The van der Waals surface area contributed by atoms with Gasteiger partial charge in [0.15, 0.2) is 5.60 Å². The predicted molar refractivity (Wildman–Crippen MR) is 148 cm³/mol. The van der Waals surface area contributed by atoms with Gasteiger partial charge in [-0.1, -0.05) is 27.7 Å². The molecule has 194 valence electrons. The van der Waals surface area contributed by atoms with Crippen LogP contribution in [0.15, 0.2) is 39.3 Å². The molecule has 4 rings (SSSR count). The molecule has 0 saturated carbocycles. The van der Waals surface area contributed by atoms with Gasteiger partial charge in [-0.3, -0.25) is 0 Å². The third kappa shape index (κ3) is 4.05. The summed E-state index contributed by atoms with van der Waals surface area (Å²) in [6.07, 6.45) is 2.14. The third-order valence-electron chi connectivity index (χ3n) is 7.23. The van der Waals surface area contributed by atoms with E-state index >= 15 is 0 Å². The number of halogens is 2. The Hall–Kier alpha value is -2.84. The summed E-state index contributed by atoms with van der Waals surface area (Å²) >= 11 is 6.99. The van der Waals surface area contributed by atoms with Crippen molar-refractivity contribution in [2.24, 2.45) is 0 Å². The second-order valence-electron chi connectivity index (χ2n) is 8.97. The van der Waals surface area contributed by atoms with Gasteiger partial charge in [-0.2, -0.15) is 0 Å². The highest BCUT2D eigenvalue weighted by molar-refractivity contribution is 9.10. The number of phenolic OH excluding ortho intramolecular Hbond substituents is 2. The van der Waals surface area contributed by atoms with Crippen LogP contribution in [0.25, 0.3) is 0 Å². The van der Waals surface area contributed by atoms with Gasteiger partial charge in [0.05, 0.1) is 20.1 Å². The number of carboxylic acids is 1. The highest BCUT2D eigenvalue weighted by Crippen LogP contribution is 2.53. The molecule has 1 heterocycles. The molecule has 3 N–H and O–H groups in total. The van der Waals surface area contributed by atoms with Gasteiger partial charge in [0.2, 0.25) is 0 Å². The van der Waals surface area contributed by atoms with Crippen LogP contribution in [0.1, 0.15) is 87.4 Å². The van der Waals surface area contributed by atoms with Crippen LogP contribution in [0.3, 0.4) is 0 Å². The number of ether oxygens (including phenoxy) is 1. The number of aromatic hydroxyl groups is 2. The average Bonchev–Trinajstić information content (AvgIpc) is 3.18. The van der Waals surface area contributed by atoms with Crippen molar-refractivity contribution >= 4 is 43.8 Å². The van der Waals surface area contributed by atoms with E-state index in [0.717, 1.165) is 22.3 Å². The second kappa shape index (κ2) is 10.1. The predicted octanol–water partition coefficient (Wildman–Crippen LogP) is 7.03. The van der Waals surface area contributed by atoms with Gasteiger partial charge in [0.1, 0.15) is 11.5 Å². The Kier molecular flexibility index (Phi) is 7.45. The first-order chi connectivity index (χ1) is 17.6. The zero-order valence-electron chi connectivity index (χ0n) is 21.0. The number of aromatic carboxylic acids is 1. The molecule has 0 aliphatic carbocycles. The fourth-order valence-electron chi connectivity index (χ4n) is 5.60. The van der Waals surface area contributed by atoms with E-state index in [0.29, 0.717) is 51.3 Å². The molecule has 8 heteroatoms. The van der Waals surface area contributed by atoms with Crippen LogP contribution in [0.5, 0.6) is 11.5 Å². The molecular weight excluding hydrogens is 604 g/mol. The number of benzene rings is 3. The molecule has 0 aromatic heterocycles. The number of phenols is 2. The molecule has 0 unspecified atom stereocenters. The Balaban J connectivity index is 2.29. The third-order valence-corrected chi connectivity index (χ3v) is 8.44. The van der Waals surface area contributed by atoms with Crippen LogP contribution >= 0.6 is 31.9 Å². The summed E-state index contributed by atoms with van der Waals surface area (Å²) in [5, 5.41) is 31.6. The van der Waals surface area contributed by atoms with Crippen molar-refractivity contribution in [3.63, 3.8) is 0 Å². The number of hydrogen-bond donors (Lipinski definition) is 3. The number of esters is 1. The van der Waals surface area contributed by atoms with Crippen molar-refractivity contribution in [1.29, 1.82) is 0 Å². The zero-order chi connectivity index (χ0) is 27.2. The van der Waals surface area contributed by atoms with Gasteiger partial charge >= 0.3 is 11.9 Å². The maximum Gasteiger partial charge on any atom is 0.340 e. The van der Waals surface area contributed by atoms with E-state index in [1.165, 1.54) is 18.2 Å². The van der Waals surface area contributed by atoms with Gasteiger partial charge in [-0.05, 0) is 110 Å². The lowest BCUT2D eigenvalue weighted by Crippen LogP contribution is -2.33. The van der Waals surface area contributed by atoms with Crippen LogP contribution in [0.2, 0.25) is 0 Å². The second-order valence-corrected chi connectivity index (χ2v) is 10.7. The molecule has 0 atom stereocenters. The molecular formula is C29H28Br2O6. The number of fused-ring (bicyclic) bond motifs is 1. The monoisotopic (exact) mass is 630 g/mol. The molecule has 1 aliphatic heterocycles. The van der Waals surface area contributed by atoms with E-state index in [1.807, 2.05) is 27.7 Å². The molecule has 1 aliphatic rings. The summed E-state index contributed by atoms with van der Waals surface area (Å²) in [5.41, 5.74) is 3.56. The number of carbonyl (C=O) groups is 2. The molecule has 3 aromatic carbocycles. The topological polar surface area (TPSA) is 104 Å². The Morgan fingerprint density at radius 3 is 1.65 bits per heavy atom. The summed E-state index contributed by atoms with van der Waals surface area (Å²) < 4.78 is 7.25. The van der Waals surface area contributed by atoms with Crippen molar-refractivity contribution in [3.05, 3.63) is 89.3 Å². The van der Waals surface area contributed by atoms with Crippen molar-refractivity contribution in [3.8, 4) is 11.5 Å². The first kappa shape index (κ1) is 27.2. The summed E-state index contributed by atoms with van der Waals surface area (Å²) in [7, 11) is 0. The SMILES string of the molecule is CCc1c(C2(c3cc(Br)c(O)c(CC)c3CC)OC(=O)c3ccc(C(=O)O)cc32)cc(Br)c(O)c1CC. The largest absolute Gasteiger partial charge is 0.506 e. The smallest absolute Gasteiger partial charge is 0.340 e. The van der Waals surface area contributed by atoms with Crippen molar-refractivity contribution in [2.45, 2.75) is 59.0 Å². The van der Waals surface area contributed by atoms with Crippen molar-refractivity contribution in [1.82, 2.24) is 0 Å². The minimum Gasteiger partial charge on any atom is -0.506 e. The lowest BCUT2D eigenvalue weighted by atomic mass is 9.73. The minimum absolute atomic E-state index is 0.0274. The van der Waals surface area contributed by atoms with Crippen molar-refractivity contribution in [2.75, 3.05) is 0 Å². The van der Waals surface area contributed by atoms with Crippen LogP contribution in [0, 0.1) is 0 Å². The van der Waals surface area contributed by atoms with Gasteiger partial charge < -0.3 is 20.1 Å². The first-order valence-electron chi connectivity index (χ1n) is 12.3. The van der Waals surface area contributed by atoms with Gasteiger partial charge in [-0.25, -0.2) is 9.59 Å². The standard InChI is InChI=1S/C29H28Br2O6/c1-5-15-17(7-3)25(32)23(30)12-21(15)29(22-13-24(31)26(33)18(8-4)16(22)6-2)20-11-14(27(34)35)9-10-19(20)28(36)37-29/h9-13,32-33H,5-8H2,1-4H3,(H,34,35). The van der Waals surface area contributed by atoms with E-state index in [4.69, 9.17) is 4.74 Å². The number of carboxylic acid groups (broad SMARTS) is 1. The molecule has 0 radical (unpaired) electrons. The number of cyclic esters (lactones) is 1. The van der Waals surface area contributed by atoms with E-state index in [2.05, 4.69) is 31.9 Å². The van der Waals surface area contributed by atoms with Crippen LogP contribution in [0.4, 0.5) is 0 Å². The van der Waals surface area contributed by atoms with Gasteiger partial charge in [0, 0.05) is 16.7 Å². The van der Waals surface area contributed by atoms with E-state index in [-0.39, 0.29) is 22.6 Å². The quantitative estimate of drug-likeness (QED) is 0.242. The maximum absolute atomic E-state index is 13.4. The Morgan fingerprint density at radius 2 is 1.24 bits per heavy atom. The summed E-state index contributed by atoms with van der Waals surface area (Å²) in [4.78, 5) is 25.4. The van der Waals surface area contributed by atoms with Crippen LogP contribution in [-0.4, -0.2) is 27.3 Å². The van der Waals surface area contributed by atoms with E-state index in [9.17, 15) is 24.9 Å². The minimum atomic E-state index is -1.51. The Morgan fingerprint density at radius 1 is 0.784 bits per heavy atom. The summed E-state index contributed by atoms with van der Waals surface area (Å²) in [6.45, 7) is 7.82. The van der Waals surface area contributed by atoms with E-state index < -0.39 is 17.5 Å². The molecule has 3 aromatic rings. The van der Waals surface area contributed by atoms with Crippen LogP contribution < -0.4 is 0 Å². The molecule has 0 bridgehead atoms. The molecule has 6 nitrogen and oxygen atoms in total. The van der Waals surface area contributed by atoms with Gasteiger partial charge in [0.25, 0.3) is 0 Å². The average molecular weight is 632 g/mol. The Bertz CT molecular complexity index is 1380. The molecule has 37 heavy (non-hydrogen) atoms. The number of rotatable bonds is 7. The van der Waals surface area contributed by atoms with Gasteiger partial charge in [-0.15, -0.1) is 0 Å². The molecule has 0 spiro atoms. The lowest BCUT2D eigenvalue weighted by molar-refractivity contribution is 0.0246. The molecule has 0 amide bonds. The maximum atomic E-state index is 13.4. The Labute approximate surface area is 232 Å². The van der Waals surface area contributed by atoms with Crippen molar-refractivity contribution < 1.29 is 29.6 Å². The summed E-state index contributed by atoms with van der Waals surface area (Å²) in [6, 6.07) is 7.91. The molecule has 0 fully saturated rings. The fraction of sp³-hybridized carbons (Fsp3) is 0.310. The van der Waals surface area contributed by atoms with E-state index in [1.54, 1.807) is 12.1 Å². The lowest BCUT2D eigenvalue weighted by Gasteiger charge is -2.36. The number of carbonyl (C=O) groups excluding carboxylic acids is 1. The molecule has 0 saturated heterocycles. The normalized spacial score (nSPS) is 13.9. The highest BCUT2D eigenvalue weighted by Gasteiger charge is 2.52. The van der Waals surface area contributed by atoms with Crippen LogP contribution in [-0.2, 0) is 36.0 Å². The fourth-order valence-corrected chi connectivity index (χ4v) is 6.54.